The summed E-state index contributed by atoms with van der Waals surface area (Å²) in [6.45, 7) is 4.44. The van der Waals surface area contributed by atoms with Gasteiger partial charge >= 0.3 is 0 Å². The summed E-state index contributed by atoms with van der Waals surface area (Å²) in [7, 11) is 3.49. The summed E-state index contributed by atoms with van der Waals surface area (Å²) in [5.74, 6) is 0.668. The zero-order valence-corrected chi connectivity index (χ0v) is 10.8. The fourth-order valence-electron chi connectivity index (χ4n) is 1.65. The van der Waals surface area contributed by atoms with E-state index in [0.29, 0.717) is 0 Å². The molecule has 0 aromatic heterocycles. The topological polar surface area (TPSA) is 50.4 Å². The molecular formula is C13H20N2O2. The van der Waals surface area contributed by atoms with E-state index < -0.39 is 6.10 Å². The second kappa shape index (κ2) is 6.25. The van der Waals surface area contributed by atoms with Gasteiger partial charge in [-0.05, 0) is 26.5 Å². The largest absolute Gasteiger partial charge is 0.480 e. The Kier molecular flexibility index (Phi) is 4.97. The van der Waals surface area contributed by atoms with E-state index in [2.05, 4.69) is 10.6 Å². The van der Waals surface area contributed by atoms with Gasteiger partial charge in [-0.15, -0.1) is 0 Å². The minimum absolute atomic E-state index is 0.122. The lowest BCUT2D eigenvalue weighted by molar-refractivity contribution is -0.126. The maximum atomic E-state index is 11.4. The number of likely N-dealkylation sites (N-methyl/N-ethyl adjacent to an activating group) is 1. The lowest BCUT2D eigenvalue weighted by atomic mass is 10.1. The van der Waals surface area contributed by atoms with Crippen molar-refractivity contribution in [2.24, 2.45) is 0 Å². The fraction of sp³-hybridized carbons (Fsp3) is 0.462. The van der Waals surface area contributed by atoms with Gasteiger partial charge in [-0.2, -0.15) is 0 Å². The van der Waals surface area contributed by atoms with Crippen LogP contribution in [-0.2, 0) is 11.3 Å². The van der Waals surface area contributed by atoms with Crippen LogP contribution in [0, 0.1) is 6.92 Å². The number of para-hydroxylation sites is 1. The highest BCUT2D eigenvalue weighted by Crippen LogP contribution is 2.24. The molecule has 1 atom stereocenters. The number of benzene rings is 1. The lowest BCUT2D eigenvalue weighted by Crippen LogP contribution is -2.34. The molecule has 0 spiro atoms. The van der Waals surface area contributed by atoms with Crippen molar-refractivity contribution in [2.75, 3.05) is 14.1 Å². The first-order chi connectivity index (χ1) is 8.10. The van der Waals surface area contributed by atoms with E-state index in [1.165, 1.54) is 0 Å². The van der Waals surface area contributed by atoms with Crippen molar-refractivity contribution in [3.8, 4) is 5.75 Å². The molecule has 4 nitrogen and oxygen atoms in total. The van der Waals surface area contributed by atoms with E-state index in [4.69, 9.17) is 4.74 Å². The quantitative estimate of drug-likeness (QED) is 0.808. The predicted molar refractivity (Wildman–Crippen MR) is 68.1 cm³/mol. The van der Waals surface area contributed by atoms with E-state index in [1.807, 2.05) is 32.2 Å². The van der Waals surface area contributed by atoms with Crippen molar-refractivity contribution in [1.29, 1.82) is 0 Å². The molecule has 94 valence electrons. The molecule has 2 N–H and O–H groups in total. The highest BCUT2D eigenvalue weighted by molar-refractivity contribution is 5.80. The van der Waals surface area contributed by atoms with Crippen LogP contribution in [0.15, 0.2) is 18.2 Å². The smallest absolute Gasteiger partial charge is 0.260 e. The van der Waals surface area contributed by atoms with E-state index in [1.54, 1.807) is 14.0 Å². The Morgan fingerprint density at radius 1 is 1.41 bits per heavy atom. The normalized spacial score (nSPS) is 12.0. The van der Waals surface area contributed by atoms with Gasteiger partial charge in [0, 0.05) is 19.2 Å². The number of amides is 1. The summed E-state index contributed by atoms with van der Waals surface area (Å²) in [4.78, 5) is 11.4. The Labute approximate surface area is 102 Å². The van der Waals surface area contributed by atoms with Crippen molar-refractivity contribution in [3.05, 3.63) is 29.3 Å². The van der Waals surface area contributed by atoms with Crippen LogP contribution >= 0.6 is 0 Å². The molecule has 1 aromatic carbocycles. The standard InChI is InChI=1S/C13H20N2O2/c1-9-6-5-7-11(8-14-3)12(9)17-10(2)13(16)15-4/h5-7,10,14H,8H2,1-4H3,(H,15,16). The van der Waals surface area contributed by atoms with Gasteiger partial charge in [0.15, 0.2) is 6.10 Å². The summed E-state index contributed by atoms with van der Waals surface area (Å²) in [5.41, 5.74) is 2.09. The Morgan fingerprint density at radius 3 is 2.71 bits per heavy atom. The first kappa shape index (κ1) is 13.5. The average molecular weight is 236 g/mol. The lowest BCUT2D eigenvalue weighted by Gasteiger charge is -2.18. The molecular weight excluding hydrogens is 216 g/mol. The zero-order valence-electron chi connectivity index (χ0n) is 10.8. The van der Waals surface area contributed by atoms with Crippen LogP contribution in [-0.4, -0.2) is 26.1 Å². The van der Waals surface area contributed by atoms with Gasteiger partial charge in [0.25, 0.3) is 5.91 Å². The minimum Gasteiger partial charge on any atom is -0.480 e. The average Bonchev–Trinajstić information content (AvgIpc) is 2.32. The Balaban J connectivity index is 2.92. The number of hydrogen-bond acceptors (Lipinski definition) is 3. The third-order valence-corrected chi connectivity index (χ3v) is 2.57. The summed E-state index contributed by atoms with van der Waals surface area (Å²) >= 11 is 0. The molecule has 0 bridgehead atoms. The summed E-state index contributed by atoms with van der Waals surface area (Å²) in [5, 5.41) is 5.66. The van der Waals surface area contributed by atoms with Gasteiger partial charge in [0.1, 0.15) is 5.75 Å². The monoisotopic (exact) mass is 236 g/mol. The van der Waals surface area contributed by atoms with Gasteiger partial charge in [0.05, 0.1) is 0 Å². The molecule has 0 radical (unpaired) electrons. The second-order valence-corrected chi connectivity index (χ2v) is 3.97. The van der Waals surface area contributed by atoms with Crippen molar-refractivity contribution < 1.29 is 9.53 Å². The molecule has 0 aliphatic heterocycles. The first-order valence-corrected chi connectivity index (χ1v) is 5.71. The van der Waals surface area contributed by atoms with E-state index in [-0.39, 0.29) is 5.91 Å². The molecule has 17 heavy (non-hydrogen) atoms. The molecule has 0 aliphatic carbocycles. The maximum absolute atomic E-state index is 11.4. The second-order valence-electron chi connectivity index (χ2n) is 3.97. The molecule has 0 aliphatic rings. The molecule has 0 fully saturated rings. The van der Waals surface area contributed by atoms with Crippen LogP contribution in [0.1, 0.15) is 18.1 Å². The van der Waals surface area contributed by atoms with Crippen LogP contribution < -0.4 is 15.4 Å². The molecule has 1 amide bonds. The van der Waals surface area contributed by atoms with Crippen molar-refractivity contribution in [1.82, 2.24) is 10.6 Å². The van der Waals surface area contributed by atoms with Crippen LogP contribution in [0.3, 0.4) is 0 Å². The maximum Gasteiger partial charge on any atom is 0.260 e. The van der Waals surface area contributed by atoms with Crippen molar-refractivity contribution in [3.63, 3.8) is 0 Å². The zero-order chi connectivity index (χ0) is 12.8. The number of ether oxygens (including phenoxy) is 1. The van der Waals surface area contributed by atoms with Crippen LogP contribution in [0.25, 0.3) is 0 Å². The van der Waals surface area contributed by atoms with Crippen LogP contribution in [0.2, 0.25) is 0 Å². The highest BCUT2D eigenvalue weighted by Gasteiger charge is 2.15. The Morgan fingerprint density at radius 2 is 2.12 bits per heavy atom. The molecule has 1 unspecified atom stereocenters. The van der Waals surface area contributed by atoms with Crippen molar-refractivity contribution in [2.45, 2.75) is 26.5 Å². The molecule has 0 heterocycles. The number of aryl methyl sites for hydroxylation is 1. The number of nitrogens with one attached hydrogen (secondary N) is 2. The summed E-state index contributed by atoms with van der Waals surface area (Å²) in [6.07, 6.45) is -0.489. The highest BCUT2D eigenvalue weighted by atomic mass is 16.5. The fourth-order valence-corrected chi connectivity index (χ4v) is 1.65. The number of carbonyl (C=O) groups is 1. The number of carbonyl (C=O) groups excluding carboxylic acids is 1. The molecule has 4 heteroatoms. The molecule has 0 saturated heterocycles. The van der Waals surface area contributed by atoms with E-state index in [9.17, 15) is 4.79 Å². The Hall–Kier alpha value is -1.55. The Bertz CT molecular complexity index is 391. The SMILES string of the molecule is CNCc1cccc(C)c1OC(C)C(=O)NC. The van der Waals surface area contributed by atoms with Gasteiger partial charge in [-0.1, -0.05) is 18.2 Å². The van der Waals surface area contributed by atoms with Crippen molar-refractivity contribution >= 4 is 5.91 Å². The van der Waals surface area contributed by atoms with Gasteiger partial charge in [0.2, 0.25) is 0 Å². The van der Waals surface area contributed by atoms with Crippen LogP contribution in [0.4, 0.5) is 0 Å². The van der Waals surface area contributed by atoms with E-state index >= 15 is 0 Å². The molecule has 1 aromatic rings. The first-order valence-electron chi connectivity index (χ1n) is 5.71. The third kappa shape index (κ3) is 3.46. The summed E-state index contributed by atoms with van der Waals surface area (Å²) < 4.78 is 5.73. The van der Waals surface area contributed by atoms with Crippen LogP contribution in [0.5, 0.6) is 5.75 Å². The third-order valence-electron chi connectivity index (χ3n) is 2.57. The predicted octanol–water partition coefficient (Wildman–Crippen LogP) is 1.23. The molecule has 0 saturated carbocycles. The number of rotatable bonds is 5. The van der Waals surface area contributed by atoms with E-state index in [0.717, 1.165) is 23.4 Å². The molecule has 1 rings (SSSR count). The van der Waals surface area contributed by atoms with Gasteiger partial charge in [-0.25, -0.2) is 0 Å². The van der Waals surface area contributed by atoms with Gasteiger partial charge < -0.3 is 15.4 Å². The number of hydrogen-bond donors (Lipinski definition) is 2. The minimum atomic E-state index is -0.489. The van der Waals surface area contributed by atoms with Gasteiger partial charge in [-0.3, -0.25) is 4.79 Å². The summed E-state index contributed by atoms with van der Waals surface area (Å²) in [6, 6.07) is 5.96.